The summed E-state index contributed by atoms with van der Waals surface area (Å²) in [5.41, 5.74) is 1.49. The van der Waals surface area contributed by atoms with Crippen LogP contribution in [0.1, 0.15) is 24.2 Å². The van der Waals surface area contributed by atoms with Crippen LogP contribution in [0.4, 0.5) is 0 Å². The van der Waals surface area contributed by atoms with Crippen LogP contribution in [0.5, 0.6) is 0 Å². The highest BCUT2D eigenvalue weighted by Gasteiger charge is 2.22. The molecule has 110 valence electrons. The summed E-state index contributed by atoms with van der Waals surface area (Å²) in [5.74, 6) is -0.0574. The normalized spacial score (nSPS) is 12.1. The summed E-state index contributed by atoms with van der Waals surface area (Å²) < 4.78 is 5.61. The van der Waals surface area contributed by atoms with E-state index in [4.69, 9.17) is 27.9 Å². The Bertz CT molecular complexity index is 591. The van der Waals surface area contributed by atoms with E-state index >= 15 is 0 Å². The van der Waals surface area contributed by atoms with Crippen LogP contribution in [0.2, 0.25) is 10.0 Å². The highest BCUT2D eigenvalue weighted by molar-refractivity contribution is 6.36. The van der Waals surface area contributed by atoms with E-state index in [9.17, 15) is 4.79 Å². The average molecular weight is 323 g/mol. The molecule has 0 radical (unpaired) electrons. The summed E-state index contributed by atoms with van der Waals surface area (Å²) >= 11 is 12.2. The van der Waals surface area contributed by atoms with Gasteiger partial charge in [0.1, 0.15) is 6.10 Å². The lowest BCUT2D eigenvalue weighted by Gasteiger charge is -2.17. The van der Waals surface area contributed by atoms with Crippen molar-refractivity contribution in [3.05, 3.63) is 69.7 Å². The maximum absolute atomic E-state index is 12.6. The number of benzene rings is 2. The third kappa shape index (κ3) is 4.07. The molecule has 0 spiro atoms. The minimum absolute atomic E-state index is 0.0574. The maximum Gasteiger partial charge on any atom is 0.170 e. The first-order valence-electron chi connectivity index (χ1n) is 6.75. The van der Waals surface area contributed by atoms with E-state index in [-0.39, 0.29) is 12.2 Å². The van der Waals surface area contributed by atoms with Crippen molar-refractivity contribution >= 4 is 29.0 Å². The lowest BCUT2D eigenvalue weighted by molar-refractivity contribution is -0.130. The van der Waals surface area contributed by atoms with Gasteiger partial charge in [-0.3, -0.25) is 4.79 Å². The number of ether oxygens (including phenoxy) is 1. The molecule has 2 aromatic rings. The molecule has 2 rings (SSSR count). The quantitative estimate of drug-likeness (QED) is 0.757. The molecular formula is C17H16Cl2O2. The van der Waals surface area contributed by atoms with Crippen LogP contribution in [-0.2, 0) is 16.0 Å². The predicted octanol–water partition coefficient (Wildman–Crippen LogP) is 4.88. The van der Waals surface area contributed by atoms with Gasteiger partial charge in [-0.2, -0.15) is 0 Å². The van der Waals surface area contributed by atoms with Gasteiger partial charge >= 0.3 is 0 Å². The summed E-state index contributed by atoms with van der Waals surface area (Å²) in [4.78, 5) is 12.6. The van der Waals surface area contributed by atoms with Crippen molar-refractivity contribution in [2.24, 2.45) is 0 Å². The number of Topliss-reactive ketones (excluding diaryl/α,β-unsaturated/α-hetero) is 1. The Hall–Kier alpha value is -1.35. The minimum atomic E-state index is -0.594. The van der Waals surface area contributed by atoms with E-state index in [1.54, 1.807) is 18.2 Å². The summed E-state index contributed by atoms with van der Waals surface area (Å²) in [6.07, 6.45) is -0.443. The first-order chi connectivity index (χ1) is 10.1. The van der Waals surface area contributed by atoms with Crippen LogP contribution >= 0.6 is 23.2 Å². The van der Waals surface area contributed by atoms with Crippen LogP contribution in [-0.4, -0.2) is 12.4 Å². The highest BCUT2D eigenvalue weighted by Crippen LogP contribution is 2.28. The van der Waals surface area contributed by atoms with Gasteiger partial charge in [-0.05, 0) is 30.2 Å². The summed E-state index contributed by atoms with van der Waals surface area (Å²) in [7, 11) is 0. The van der Waals surface area contributed by atoms with Gasteiger partial charge in [0.15, 0.2) is 5.78 Å². The average Bonchev–Trinajstić information content (AvgIpc) is 2.49. The van der Waals surface area contributed by atoms with E-state index < -0.39 is 6.10 Å². The zero-order valence-corrected chi connectivity index (χ0v) is 13.2. The number of hydrogen-bond donors (Lipinski definition) is 0. The molecule has 0 aliphatic carbocycles. The number of carbonyl (C=O) groups is 1. The number of halogens is 2. The van der Waals surface area contributed by atoms with Gasteiger partial charge in [-0.25, -0.2) is 0 Å². The van der Waals surface area contributed by atoms with Crippen LogP contribution in [0.25, 0.3) is 0 Å². The lowest BCUT2D eigenvalue weighted by Crippen LogP contribution is -2.18. The van der Waals surface area contributed by atoms with Gasteiger partial charge in [-0.1, -0.05) is 59.6 Å². The predicted molar refractivity (Wildman–Crippen MR) is 86.0 cm³/mol. The van der Waals surface area contributed by atoms with Gasteiger partial charge in [-0.15, -0.1) is 0 Å². The van der Waals surface area contributed by atoms with Crippen molar-refractivity contribution < 1.29 is 9.53 Å². The first kappa shape index (κ1) is 16.0. The van der Waals surface area contributed by atoms with E-state index in [0.29, 0.717) is 22.2 Å². The van der Waals surface area contributed by atoms with Crippen LogP contribution < -0.4 is 0 Å². The summed E-state index contributed by atoms with van der Waals surface area (Å²) in [6, 6.07) is 14.7. The maximum atomic E-state index is 12.6. The fourth-order valence-electron chi connectivity index (χ4n) is 2.14. The van der Waals surface area contributed by atoms with Crippen LogP contribution in [0, 0.1) is 0 Å². The Morgan fingerprint density at radius 3 is 2.24 bits per heavy atom. The molecule has 0 saturated carbocycles. The fourth-order valence-corrected chi connectivity index (χ4v) is 2.67. The molecule has 0 saturated heterocycles. The van der Waals surface area contributed by atoms with Gasteiger partial charge < -0.3 is 4.74 Å². The van der Waals surface area contributed by atoms with E-state index in [1.807, 2.05) is 37.3 Å². The standard InChI is InChI=1S/C17H16Cl2O2/c1-2-21-17(12-7-4-3-5-8-12)16(20)11-13-14(18)9-6-10-15(13)19/h3-10,17H,2,11H2,1H3. The third-order valence-electron chi connectivity index (χ3n) is 3.14. The number of rotatable bonds is 6. The molecule has 1 atom stereocenters. The van der Waals surface area contributed by atoms with Gasteiger partial charge in [0.25, 0.3) is 0 Å². The van der Waals surface area contributed by atoms with E-state index in [1.165, 1.54) is 0 Å². The Labute approximate surface area is 134 Å². The molecule has 2 aromatic carbocycles. The molecule has 0 N–H and O–H groups in total. The second kappa shape index (κ2) is 7.60. The molecule has 0 aliphatic heterocycles. The molecule has 0 aromatic heterocycles. The third-order valence-corrected chi connectivity index (χ3v) is 3.85. The highest BCUT2D eigenvalue weighted by atomic mass is 35.5. The second-order valence-corrected chi connectivity index (χ2v) is 5.40. The Kier molecular flexibility index (Phi) is 5.80. The van der Waals surface area contributed by atoms with Crippen molar-refractivity contribution in [2.75, 3.05) is 6.61 Å². The van der Waals surface area contributed by atoms with Crippen molar-refractivity contribution in [3.8, 4) is 0 Å². The molecule has 0 aliphatic rings. The van der Waals surface area contributed by atoms with E-state index in [0.717, 1.165) is 5.56 Å². The van der Waals surface area contributed by atoms with Gasteiger partial charge in [0.05, 0.1) is 0 Å². The molecule has 1 unspecified atom stereocenters. The minimum Gasteiger partial charge on any atom is -0.366 e. The number of hydrogen-bond acceptors (Lipinski definition) is 2. The van der Waals surface area contributed by atoms with Crippen LogP contribution in [0.3, 0.4) is 0 Å². The topological polar surface area (TPSA) is 26.3 Å². The van der Waals surface area contributed by atoms with Crippen LogP contribution in [0.15, 0.2) is 48.5 Å². The van der Waals surface area contributed by atoms with Crippen molar-refractivity contribution in [1.82, 2.24) is 0 Å². The second-order valence-electron chi connectivity index (χ2n) is 4.59. The zero-order chi connectivity index (χ0) is 15.2. The molecule has 4 heteroatoms. The Balaban J connectivity index is 2.24. The molecular weight excluding hydrogens is 307 g/mol. The van der Waals surface area contributed by atoms with Gasteiger partial charge in [0.2, 0.25) is 0 Å². The lowest BCUT2D eigenvalue weighted by atomic mass is 9.99. The zero-order valence-electron chi connectivity index (χ0n) is 11.7. The van der Waals surface area contributed by atoms with E-state index in [2.05, 4.69) is 0 Å². The Morgan fingerprint density at radius 2 is 1.67 bits per heavy atom. The SMILES string of the molecule is CCOC(C(=O)Cc1c(Cl)cccc1Cl)c1ccccc1. The molecule has 0 fully saturated rings. The van der Waals surface area contributed by atoms with Crippen molar-refractivity contribution in [1.29, 1.82) is 0 Å². The monoisotopic (exact) mass is 322 g/mol. The van der Waals surface area contributed by atoms with Crippen molar-refractivity contribution in [3.63, 3.8) is 0 Å². The number of carbonyl (C=O) groups excluding carboxylic acids is 1. The van der Waals surface area contributed by atoms with Crippen molar-refractivity contribution in [2.45, 2.75) is 19.4 Å². The first-order valence-corrected chi connectivity index (χ1v) is 7.51. The molecule has 0 bridgehead atoms. The largest absolute Gasteiger partial charge is 0.366 e. The molecule has 2 nitrogen and oxygen atoms in total. The fraction of sp³-hybridized carbons (Fsp3) is 0.235. The number of ketones is 1. The van der Waals surface area contributed by atoms with Gasteiger partial charge in [0, 0.05) is 23.1 Å². The molecule has 21 heavy (non-hydrogen) atoms. The molecule has 0 amide bonds. The molecule has 0 heterocycles. The summed E-state index contributed by atoms with van der Waals surface area (Å²) in [5, 5.41) is 0.998. The summed E-state index contributed by atoms with van der Waals surface area (Å²) in [6.45, 7) is 2.33. The Morgan fingerprint density at radius 1 is 1.05 bits per heavy atom. The smallest absolute Gasteiger partial charge is 0.170 e.